The molecular formula is C26H20O. The highest BCUT2D eigenvalue weighted by Crippen LogP contribution is 2.53. The Bertz CT molecular complexity index is 1030. The van der Waals surface area contributed by atoms with Gasteiger partial charge in [0.25, 0.3) is 0 Å². The van der Waals surface area contributed by atoms with Gasteiger partial charge in [0.2, 0.25) is 0 Å². The standard InChI is InChI=1S/C26H20O/c27-25-21-15-7-9-17-23(21)26(19-11-3-1-4-12-19,20-13-5-2-6-14-20)24-18-10-8-16-22(24)25/h1-7,9,11-18H,8,10H2. The summed E-state index contributed by atoms with van der Waals surface area (Å²) in [7, 11) is 0. The van der Waals surface area contributed by atoms with E-state index in [2.05, 4.69) is 66.7 Å². The zero-order valence-electron chi connectivity index (χ0n) is 15.1. The third-order valence-corrected chi connectivity index (χ3v) is 5.79. The van der Waals surface area contributed by atoms with Crippen LogP contribution in [0.1, 0.15) is 39.9 Å². The summed E-state index contributed by atoms with van der Waals surface area (Å²) in [6.07, 6.45) is 6.31. The number of hydrogen-bond donors (Lipinski definition) is 0. The Balaban J connectivity index is 1.97. The van der Waals surface area contributed by atoms with Gasteiger partial charge in [-0.15, -0.1) is 0 Å². The Hall–Kier alpha value is -3.19. The van der Waals surface area contributed by atoms with Gasteiger partial charge in [0.15, 0.2) is 5.78 Å². The minimum atomic E-state index is -0.459. The zero-order valence-corrected chi connectivity index (χ0v) is 15.1. The molecule has 0 heterocycles. The summed E-state index contributed by atoms with van der Waals surface area (Å²) in [6, 6.07) is 29.3. The Morgan fingerprint density at radius 1 is 0.630 bits per heavy atom. The van der Waals surface area contributed by atoms with Gasteiger partial charge < -0.3 is 0 Å². The van der Waals surface area contributed by atoms with Crippen LogP contribution in [0.15, 0.2) is 108 Å². The van der Waals surface area contributed by atoms with Gasteiger partial charge in [-0.2, -0.15) is 0 Å². The first kappa shape index (κ1) is 16.0. The zero-order chi connectivity index (χ0) is 18.3. The number of benzene rings is 3. The molecule has 27 heavy (non-hydrogen) atoms. The first-order valence-electron chi connectivity index (χ1n) is 9.50. The predicted molar refractivity (Wildman–Crippen MR) is 109 cm³/mol. The van der Waals surface area contributed by atoms with Crippen molar-refractivity contribution in [1.29, 1.82) is 0 Å². The van der Waals surface area contributed by atoms with Gasteiger partial charge in [-0.05, 0) is 35.1 Å². The molecule has 2 aliphatic rings. The number of ketones is 1. The SMILES string of the molecule is O=C1C2=CCCC=C2C(c2ccccc2)(c2ccccc2)c2ccccc21. The van der Waals surface area contributed by atoms with E-state index >= 15 is 0 Å². The highest BCUT2D eigenvalue weighted by atomic mass is 16.1. The van der Waals surface area contributed by atoms with Gasteiger partial charge in [-0.1, -0.05) is 97.1 Å². The van der Waals surface area contributed by atoms with Crippen molar-refractivity contribution in [2.24, 2.45) is 0 Å². The number of fused-ring (bicyclic) bond motifs is 2. The summed E-state index contributed by atoms with van der Waals surface area (Å²) < 4.78 is 0. The normalized spacial score (nSPS) is 17.4. The molecule has 0 saturated carbocycles. The average molecular weight is 348 g/mol. The molecule has 0 unspecified atom stereocenters. The summed E-state index contributed by atoms with van der Waals surface area (Å²) >= 11 is 0. The lowest BCUT2D eigenvalue weighted by molar-refractivity contribution is 0.102. The summed E-state index contributed by atoms with van der Waals surface area (Å²) in [5.41, 5.74) is 5.85. The van der Waals surface area contributed by atoms with Crippen molar-refractivity contribution in [1.82, 2.24) is 0 Å². The highest BCUT2D eigenvalue weighted by molar-refractivity contribution is 6.16. The molecule has 0 N–H and O–H groups in total. The van der Waals surface area contributed by atoms with E-state index in [0.29, 0.717) is 0 Å². The summed E-state index contributed by atoms with van der Waals surface area (Å²) in [6.45, 7) is 0. The molecular weight excluding hydrogens is 328 g/mol. The predicted octanol–water partition coefficient (Wildman–Crippen LogP) is 5.86. The van der Waals surface area contributed by atoms with Crippen LogP contribution in [0.4, 0.5) is 0 Å². The first-order chi connectivity index (χ1) is 13.3. The van der Waals surface area contributed by atoms with E-state index in [1.165, 1.54) is 11.1 Å². The van der Waals surface area contributed by atoms with Gasteiger partial charge in [0, 0.05) is 11.1 Å². The molecule has 0 fully saturated rings. The third-order valence-electron chi connectivity index (χ3n) is 5.79. The average Bonchev–Trinajstić information content (AvgIpc) is 2.76. The molecule has 1 heteroatoms. The van der Waals surface area contributed by atoms with Crippen LogP contribution < -0.4 is 0 Å². The lowest BCUT2D eigenvalue weighted by Gasteiger charge is -2.44. The van der Waals surface area contributed by atoms with Crippen LogP contribution in [-0.2, 0) is 5.41 Å². The number of Topliss-reactive ketones (excluding diaryl/α,β-unsaturated/α-hetero) is 1. The van der Waals surface area contributed by atoms with Crippen molar-refractivity contribution in [3.8, 4) is 0 Å². The Kier molecular flexibility index (Phi) is 3.68. The largest absolute Gasteiger partial charge is 0.289 e. The molecule has 2 aliphatic carbocycles. The van der Waals surface area contributed by atoms with Gasteiger partial charge in [0.1, 0.15) is 0 Å². The summed E-state index contributed by atoms with van der Waals surface area (Å²) in [5, 5.41) is 0. The molecule has 5 rings (SSSR count). The molecule has 0 saturated heterocycles. The van der Waals surface area contributed by atoms with Gasteiger partial charge in [-0.3, -0.25) is 4.79 Å². The second-order valence-electron chi connectivity index (χ2n) is 7.17. The quantitative estimate of drug-likeness (QED) is 0.566. The second kappa shape index (κ2) is 6.21. The number of allylic oxidation sites excluding steroid dienone is 4. The van der Waals surface area contributed by atoms with Crippen LogP contribution in [-0.4, -0.2) is 5.78 Å². The monoisotopic (exact) mass is 348 g/mol. The van der Waals surface area contributed by atoms with E-state index in [9.17, 15) is 4.79 Å². The topological polar surface area (TPSA) is 17.1 Å². The Morgan fingerprint density at radius 2 is 1.19 bits per heavy atom. The van der Waals surface area contributed by atoms with Gasteiger partial charge >= 0.3 is 0 Å². The van der Waals surface area contributed by atoms with Gasteiger partial charge in [0.05, 0.1) is 5.41 Å². The van der Waals surface area contributed by atoms with Crippen molar-refractivity contribution < 1.29 is 4.79 Å². The van der Waals surface area contributed by atoms with Crippen LogP contribution in [0, 0.1) is 0 Å². The number of carbonyl (C=O) groups is 1. The van der Waals surface area contributed by atoms with Crippen LogP contribution in [0.5, 0.6) is 0 Å². The number of rotatable bonds is 2. The Morgan fingerprint density at radius 3 is 1.85 bits per heavy atom. The third kappa shape index (κ3) is 2.21. The smallest absolute Gasteiger partial charge is 0.193 e. The maximum Gasteiger partial charge on any atom is 0.193 e. The fraction of sp³-hybridized carbons (Fsp3) is 0.115. The molecule has 0 bridgehead atoms. The number of hydrogen-bond acceptors (Lipinski definition) is 1. The molecule has 0 atom stereocenters. The van der Waals surface area contributed by atoms with E-state index in [-0.39, 0.29) is 5.78 Å². The highest BCUT2D eigenvalue weighted by Gasteiger charge is 2.48. The molecule has 0 amide bonds. The molecule has 0 radical (unpaired) electrons. The van der Waals surface area contributed by atoms with Crippen molar-refractivity contribution in [2.45, 2.75) is 18.3 Å². The maximum absolute atomic E-state index is 13.3. The molecule has 0 spiro atoms. The van der Waals surface area contributed by atoms with E-state index < -0.39 is 5.41 Å². The molecule has 130 valence electrons. The Labute approximate surface area is 159 Å². The van der Waals surface area contributed by atoms with Crippen molar-refractivity contribution in [2.75, 3.05) is 0 Å². The lowest BCUT2D eigenvalue weighted by atomic mass is 9.57. The van der Waals surface area contributed by atoms with Crippen LogP contribution in [0.2, 0.25) is 0 Å². The lowest BCUT2D eigenvalue weighted by Crippen LogP contribution is -2.40. The first-order valence-corrected chi connectivity index (χ1v) is 9.50. The van der Waals surface area contributed by atoms with E-state index in [0.717, 1.165) is 35.1 Å². The minimum absolute atomic E-state index is 0.152. The van der Waals surface area contributed by atoms with Crippen LogP contribution >= 0.6 is 0 Å². The summed E-state index contributed by atoms with van der Waals surface area (Å²) in [5.74, 6) is 0.152. The van der Waals surface area contributed by atoms with E-state index in [1.54, 1.807) is 0 Å². The summed E-state index contributed by atoms with van der Waals surface area (Å²) in [4.78, 5) is 13.3. The van der Waals surface area contributed by atoms with E-state index in [1.807, 2.05) is 30.3 Å². The van der Waals surface area contributed by atoms with Crippen LogP contribution in [0.25, 0.3) is 0 Å². The fourth-order valence-electron chi connectivity index (χ4n) is 4.71. The maximum atomic E-state index is 13.3. The minimum Gasteiger partial charge on any atom is -0.289 e. The van der Waals surface area contributed by atoms with Crippen molar-refractivity contribution >= 4 is 5.78 Å². The van der Waals surface area contributed by atoms with Crippen molar-refractivity contribution in [3.63, 3.8) is 0 Å². The number of carbonyl (C=O) groups excluding carboxylic acids is 1. The molecule has 0 aliphatic heterocycles. The van der Waals surface area contributed by atoms with Crippen molar-refractivity contribution in [3.05, 3.63) is 130 Å². The van der Waals surface area contributed by atoms with E-state index in [4.69, 9.17) is 0 Å². The second-order valence-corrected chi connectivity index (χ2v) is 7.17. The molecule has 3 aromatic rings. The van der Waals surface area contributed by atoms with Crippen LogP contribution in [0.3, 0.4) is 0 Å². The molecule has 1 nitrogen and oxygen atoms in total. The molecule has 0 aromatic heterocycles. The fourth-order valence-corrected chi connectivity index (χ4v) is 4.71. The molecule has 3 aromatic carbocycles. The van der Waals surface area contributed by atoms with Gasteiger partial charge in [-0.25, -0.2) is 0 Å².